The number of carboxylic acids is 1. The third-order valence-electron chi connectivity index (χ3n) is 1.67. The summed E-state index contributed by atoms with van der Waals surface area (Å²) in [5, 5.41) is 7.89. The highest BCUT2D eigenvalue weighted by Gasteiger charge is 2.03. The van der Waals surface area contributed by atoms with E-state index in [1.165, 1.54) is 14.0 Å². The van der Waals surface area contributed by atoms with E-state index in [1.54, 1.807) is 0 Å². The summed E-state index contributed by atoms with van der Waals surface area (Å²) in [6, 6.07) is 0. The molecular weight excluding hydrogens is 208 g/mol. The van der Waals surface area contributed by atoms with Crippen LogP contribution in [0, 0.1) is 0 Å². The lowest BCUT2D eigenvalue weighted by Gasteiger charge is -2.00. The first-order valence-corrected chi connectivity index (χ1v) is 5.01. The van der Waals surface area contributed by atoms with Gasteiger partial charge in [0.1, 0.15) is 0 Å². The van der Waals surface area contributed by atoms with E-state index >= 15 is 0 Å². The van der Waals surface area contributed by atoms with Gasteiger partial charge in [-0.05, 0) is 19.8 Å². The topological polar surface area (TPSA) is 63.6 Å². The number of ether oxygens (including phenoxy) is 1. The average Bonchev–Trinajstić information content (AvgIpc) is 2.25. The second-order valence-corrected chi connectivity index (χ2v) is 3.28. The van der Waals surface area contributed by atoms with Gasteiger partial charge in [0.15, 0.2) is 0 Å². The van der Waals surface area contributed by atoms with Crippen molar-refractivity contribution in [3.05, 3.63) is 24.3 Å². The number of esters is 1. The maximum atomic E-state index is 10.7. The zero-order valence-corrected chi connectivity index (χ0v) is 10.2. The second kappa shape index (κ2) is 9.96. The zero-order chi connectivity index (χ0) is 13.1. The first kappa shape index (κ1) is 16.8. The fraction of sp³-hybridized carbons (Fsp3) is 0.500. The Kier molecular flexibility index (Phi) is 10.5. The largest absolute Gasteiger partial charge is 0.478 e. The molecule has 92 valence electrons. The van der Waals surface area contributed by atoms with Gasteiger partial charge >= 0.3 is 11.9 Å². The molecule has 4 nitrogen and oxygen atoms in total. The van der Waals surface area contributed by atoms with Crippen molar-refractivity contribution < 1.29 is 19.4 Å². The molecule has 0 bridgehead atoms. The number of methoxy groups -OCH3 is 1. The zero-order valence-electron chi connectivity index (χ0n) is 10.2. The van der Waals surface area contributed by atoms with Crippen LogP contribution in [0.15, 0.2) is 24.3 Å². The van der Waals surface area contributed by atoms with Crippen LogP contribution in [0.1, 0.15) is 33.1 Å². The highest BCUT2D eigenvalue weighted by Crippen LogP contribution is 2.05. The summed E-state index contributed by atoms with van der Waals surface area (Å²) in [6.07, 6.45) is 2.84. The van der Waals surface area contributed by atoms with Crippen LogP contribution in [0.4, 0.5) is 0 Å². The molecule has 0 saturated heterocycles. The highest BCUT2D eigenvalue weighted by molar-refractivity contribution is 5.87. The van der Waals surface area contributed by atoms with Gasteiger partial charge in [-0.1, -0.05) is 26.5 Å². The third kappa shape index (κ3) is 10.5. The van der Waals surface area contributed by atoms with Gasteiger partial charge in [-0.15, -0.1) is 0 Å². The van der Waals surface area contributed by atoms with E-state index in [1.807, 2.05) is 0 Å². The Morgan fingerprint density at radius 2 is 1.75 bits per heavy atom. The molecule has 16 heavy (non-hydrogen) atoms. The number of unbranched alkanes of at least 4 members (excludes halogenated alkanes) is 1. The van der Waals surface area contributed by atoms with Crippen molar-refractivity contribution in [2.75, 3.05) is 7.11 Å². The monoisotopic (exact) mass is 228 g/mol. The standard InChI is InChI=1S/C8H14O2.C4H6O2/c1-4-5-6-7(2)8(9)10-3;1-3(2)4(5)6/h2,4-6H2,1,3H3;1H2,2H3,(H,5,6). The maximum Gasteiger partial charge on any atom is 0.333 e. The summed E-state index contributed by atoms with van der Waals surface area (Å²) in [5.74, 6) is -1.22. The third-order valence-corrected chi connectivity index (χ3v) is 1.67. The number of carboxylic acid groups (broad SMARTS) is 1. The Hall–Kier alpha value is -1.58. The highest BCUT2D eigenvalue weighted by atomic mass is 16.5. The average molecular weight is 228 g/mol. The van der Waals surface area contributed by atoms with Crippen molar-refractivity contribution in [3.63, 3.8) is 0 Å². The van der Waals surface area contributed by atoms with E-state index in [0.29, 0.717) is 5.57 Å². The van der Waals surface area contributed by atoms with Crippen LogP contribution in [0.3, 0.4) is 0 Å². The molecule has 0 aromatic carbocycles. The van der Waals surface area contributed by atoms with Crippen LogP contribution < -0.4 is 0 Å². The van der Waals surface area contributed by atoms with E-state index in [4.69, 9.17) is 5.11 Å². The molecule has 0 fully saturated rings. The Bertz CT molecular complexity index is 254. The number of carbonyl (C=O) groups is 2. The van der Waals surface area contributed by atoms with Crippen LogP contribution in [0.2, 0.25) is 0 Å². The molecule has 0 atom stereocenters. The number of hydrogen-bond donors (Lipinski definition) is 1. The molecule has 0 unspecified atom stereocenters. The number of rotatable bonds is 5. The Morgan fingerprint density at radius 3 is 2.00 bits per heavy atom. The van der Waals surface area contributed by atoms with Gasteiger partial charge in [0.05, 0.1) is 7.11 Å². The van der Waals surface area contributed by atoms with Gasteiger partial charge in [0.25, 0.3) is 0 Å². The number of aliphatic carboxylic acids is 1. The van der Waals surface area contributed by atoms with Crippen molar-refractivity contribution in [2.45, 2.75) is 33.1 Å². The molecule has 0 heterocycles. The first-order valence-electron chi connectivity index (χ1n) is 5.01. The fourth-order valence-electron chi connectivity index (χ4n) is 0.637. The van der Waals surface area contributed by atoms with Crippen LogP contribution in [-0.2, 0) is 14.3 Å². The molecule has 0 aliphatic heterocycles. The van der Waals surface area contributed by atoms with E-state index in [9.17, 15) is 9.59 Å². The molecule has 0 radical (unpaired) electrons. The van der Waals surface area contributed by atoms with E-state index < -0.39 is 5.97 Å². The van der Waals surface area contributed by atoms with Crippen LogP contribution in [-0.4, -0.2) is 24.2 Å². The normalized spacial score (nSPS) is 8.44. The Morgan fingerprint density at radius 1 is 1.31 bits per heavy atom. The lowest BCUT2D eigenvalue weighted by Crippen LogP contribution is -2.02. The summed E-state index contributed by atoms with van der Waals surface area (Å²) in [6.45, 7) is 10.3. The van der Waals surface area contributed by atoms with E-state index in [0.717, 1.165) is 19.3 Å². The molecule has 0 aliphatic carbocycles. The summed E-state index contributed by atoms with van der Waals surface area (Å²) < 4.78 is 4.47. The summed E-state index contributed by atoms with van der Waals surface area (Å²) in [7, 11) is 1.37. The van der Waals surface area contributed by atoms with Gasteiger partial charge in [-0.2, -0.15) is 0 Å². The smallest absolute Gasteiger partial charge is 0.333 e. The molecule has 0 aliphatic rings. The molecule has 0 rings (SSSR count). The van der Waals surface area contributed by atoms with Gasteiger partial charge in [-0.3, -0.25) is 0 Å². The lowest BCUT2D eigenvalue weighted by molar-refractivity contribution is -0.136. The molecule has 0 aromatic heterocycles. The van der Waals surface area contributed by atoms with Crippen molar-refractivity contribution in [3.8, 4) is 0 Å². The Balaban J connectivity index is 0. The quantitative estimate of drug-likeness (QED) is 0.580. The van der Waals surface area contributed by atoms with Gasteiger partial charge in [0.2, 0.25) is 0 Å². The predicted molar refractivity (Wildman–Crippen MR) is 63.1 cm³/mol. The van der Waals surface area contributed by atoms with Crippen molar-refractivity contribution in [2.24, 2.45) is 0 Å². The SMILES string of the molecule is C=C(C)C(=O)O.C=C(CCCC)C(=O)OC. The second-order valence-electron chi connectivity index (χ2n) is 3.28. The number of hydrogen-bond acceptors (Lipinski definition) is 3. The molecule has 4 heteroatoms. The summed E-state index contributed by atoms with van der Waals surface area (Å²) in [4.78, 5) is 20.3. The van der Waals surface area contributed by atoms with Gasteiger partial charge in [0, 0.05) is 11.1 Å². The molecule has 1 N–H and O–H groups in total. The van der Waals surface area contributed by atoms with E-state index in [2.05, 4.69) is 24.8 Å². The molecule has 0 spiro atoms. The van der Waals surface area contributed by atoms with Gasteiger partial charge in [-0.25, -0.2) is 9.59 Å². The summed E-state index contributed by atoms with van der Waals surface area (Å²) >= 11 is 0. The molecular formula is C12H20O4. The van der Waals surface area contributed by atoms with Crippen LogP contribution in [0.5, 0.6) is 0 Å². The van der Waals surface area contributed by atoms with Crippen LogP contribution in [0.25, 0.3) is 0 Å². The molecule has 0 amide bonds. The van der Waals surface area contributed by atoms with Crippen molar-refractivity contribution >= 4 is 11.9 Å². The fourth-order valence-corrected chi connectivity index (χ4v) is 0.637. The van der Waals surface area contributed by atoms with Gasteiger partial charge < -0.3 is 9.84 Å². The van der Waals surface area contributed by atoms with Crippen molar-refractivity contribution in [1.29, 1.82) is 0 Å². The molecule has 0 aromatic rings. The number of carbonyl (C=O) groups excluding carboxylic acids is 1. The predicted octanol–water partition coefficient (Wildman–Crippen LogP) is 2.55. The molecule has 0 saturated carbocycles. The van der Waals surface area contributed by atoms with Crippen molar-refractivity contribution in [1.82, 2.24) is 0 Å². The maximum absolute atomic E-state index is 10.7. The first-order chi connectivity index (χ1) is 7.36. The van der Waals surface area contributed by atoms with E-state index in [-0.39, 0.29) is 11.5 Å². The Labute approximate surface area is 96.6 Å². The summed E-state index contributed by atoms with van der Waals surface area (Å²) in [5.41, 5.74) is 0.749. The minimum absolute atomic E-state index is 0.176. The lowest BCUT2D eigenvalue weighted by atomic mass is 10.1. The minimum Gasteiger partial charge on any atom is -0.478 e. The van der Waals surface area contributed by atoms with Crippen LogP contribution >= 0.6 is 0 Å². The minimum atomic E-state index is -0.935.